The zero-order valence-electron chi connectivity index (χ0n) is 7.82. The molecule has 13 heavy (non-hydrogen) atoms. The van der Waals surface area contributed by atoms with Crippen LogP contribution >= 0.6 is 0 Å². The summed E-state index contributed by atoms with van der Waals surface area (Å²) in [4.78, 5) is 0. The Hall–Kier alpha value is -0.860. The van der Waals surface area contributed by atoms with E-state index < -0.39 is 0 Å². The fraction of sp³-hybridized carbons (Fsp3) is 0.800. The highest BCUT2D eigenvalue weighted by Crippen LogP contribution is 2.48. The van der Waals surface area contributed by atoms with Gasteiger partial charge in [0, 0.05) is 6.20 Å². The van der Waals surface area contributed by atoms with Crippen molar-refractivity contribution in [1.82, 2.24) is 15.0 Å². The maximum Gasteiger partial charge on any atom is 0.0693 e. The molecule has 0 spiro atoms. The summed E-state index contributed by atoms with van der Waals surface area (Å²) < 4.78 is 2.11. The van der Waals surface area contributed by atoms with Gasteiger partial charge in [0.15, 0.2) is 0 Å². The molecule has 0 aromatic carbocycles. The van der Waals surface area contributed by atoms with Crippen LogP contribution in [0.25, 0.3) is 0 Å². The molecule has 4 rings (SSSR count). The molecule has 1 aromatic heterocycles. The van der Waals surface area contributed by atoms with E-state index in [4.69, 9.17) is 0 Å². The second kappa shape index (κ2) is 2.56. The summed E-state index contributed by atoms with van der Waals surface area (Å²) in [6, 6.07) is 0. The number of hydrogen-bond acceptors (Lipinski definition) is 2. The summed E-state index contributed by atoms with van der Waals surface area (Å²) in [5.74, 6) is 1.02. The molecule has 0 N–H and O–H groups in total. The topological polar surface area (TPSA) is 30.7 Å². The van der Waals surface area contributed by atoms with Crippen molar-refractivity contribution in [3.05, 3.63) is 12.4 Å². The van der Waals surface area contributed by atoms with E-state index in [-0.39, 0.29) is 0 Å². The Labute approximate surface area is 78.1 Å². The Morgan fingerprint density at radius 3 is 2.38 bits per heavy atom. The molecular formula is C10H15N3. The number of nitrogens with zero attached hydrogens (tertiary/aromatic N) is 3. The molecule has 3 aliphatic carbocycles. The lowest BCUT2D eigenvalue weighted by atomic mass is 9.66. The predicted molar refractivity (Wildman–Crippen MR) is 49.2 cm³/mol. The van der Waals surface area contributed by atoms with Crippen LogP contribution in [0.15, 0.2) is 12.4 Å². The molecule has 0 amide bonds. The summed E-state index contributed by atoms with van der Waals surface area (Å²) in [6.45, 7) is 0. The quantitative estimate of drug-likeness (QED) is 0.656. The van der Waals surface area contributed by atoms with Crippen LogP contribution in [0.2, 0.25) is 0 Å². The molecule has 3 aliphatic rings. The Bertz CT molecular complexity index is 269. The first-order chi connectivity index (χ1) is 6.39. The first-order valence-electron chi connectivity index (χ1n) is 5.26. The highest BCUT2D eigenvalue weighted by atomic mass is 15.4. The zero-order valence-corrected chi connectivity index (χ0v) is 7.82. The van der Waals surface area contributed by atoms with Crippen molar-refractivity contribution in [2.75, 3.05) is 0 Å². The van der Waals surface area contributed by atoms with E-state index in [1.54, 1.807) is 6.20 Å². The van der Waals surface area contributed by atoms with E-state index >= 15 is 0 Å². The van der Waals surface area contributed by atoms with E-state index in [1.165, 1.54) is 38.5 Å². The number of aromatic nitrogens is 3. The van der Waals surface area contributed by atoms with Gasteiger partial charge >= 0.3 is 0 Å². The summed E-state index contributed by atoms with van der Waals surface area (Å²) in [5, 5.41) is 8.09. The highest BCUT2D eigenvalue weighted by Gasteiger charge is 2.42. The van der Waals surface area contributed by atoms with Crippen molar-refractivity contribution in [3.8, 4) is 0 Å². The second-order valence-corrected chi connectivity index (χ2v) is 4.55. The first kappa shape index (κ1) is 7.54. The van der Waals surface area contributed by atoms with Gasteiger partial charge < -0.3 is 0 Å². The molecular weight excluding hydrogens is 162 g/mol. The maximum absolute atomic E-state index is 4.17. The zero-order chi connectivity index (χ0) is 8.73. The van der Waals surface area contributed by atoms with Gasteiger partial charge in [0.25, 0.3) is 0 Å². The standard InChI is InChI=1S/C10H15N3/c1-4-10(13-8-7-11-12-13)5-2-9(1)3-6-10/h7-9H,1-6H2. The predicted octanol–water partition coefficient (Wildman–Crippen LogP) is 1.96. The molecule has 0 atom stereocenters. The Balaban J connectivity index is 1.95. The minimum absolute atomic E-state index is 0.352. The lowest BCUT2D eigenvalue weighted by Gasteiger charge is -2.46. The summed E-state index contributed by atoms with van der Waals surface area (Å²) in [5.41, 5.74) is 0.352. The Morgan fingerprint density at radius 2 is 1.85 bits per heavy atom. The first-order valence-corrected chi connectivity index (χ1v) is 5.26. The molecule has 0 saturated heterocycles. The van der Waals surface area contributed by atoms with Gasteiger partial charge in [-0.15, -0.1) is 5.10 Å². The molecule has 0 unspecified atom stereocenters. The highest BCUT2D eigenvalue weighted by molar-refractivity contribution is 4.96. The van der Waals surface area contributed by atoms with Gasteiger partial charge in [-0.25, -0.2) is 4.68 Å². The van der Waals surface area contributed by atoms with Gasteiger partial charge in [0.05, 0.1) is 11.7 Å². The van der Waals surface area contributed by atoms with Gasteiger partial charge in [-0.05, 0) is 44.4 Å². The van der Waals surface area contributed by atoms with Crippen LogP contribution in [-0.4, -0.2) is 15.0 Å². The molecule has 3 nitrogen and oxygen atoms in total. The molecule has 0 radical (unpaired) electrons. The van der Waals surface area contributed by atoms with Crippen LogP contribution in [0.4, 0.5) is 0 Å². The van der Waals surface area contributed by atoms with Crippen molar-refractivity contribution in [1.29, 1.82) is 0 Å². The number of fused-ring (bicyclic) bond motifs is 3. The Kier molecular flexibility index (Phi) is 1.49. The normalized spacial score (nSPS) is 38.0. The van der Waals surface area contributed by atoms with Gasteiger partial charge in [-0.3, -0.25) is 0 Å². The van der Waals surface area contributed by atoms with Gasteiger partial charge in [-0.2, -0.15) is 0 Å². The summed E-state index contributed by atoms with van der Waals surface area (Å²) in [7, 11) is 0. The van der Waals surface area contributed by atoms with Crippen molar-refractivity contribution < 1.29 is 0 Å². The smallest absolute Gasteiger partial charge is 0.0693 e. The summed E-state index contributed by atoms with van der Waals surface area (Å²) >= 11 is 0. The van der Waals surface area contributed by atoms with Crippen molar-refractivity contribution >= 4 is 0 Å². The van der Waals surface area contributed by atoms with E-state index in [1.807, 2.05) is 6.20 Å². The average molecular weight is 177 g/mol. The third-order valence-electron chi connectivity index (χ3n) is 3.96. The van der Waals surface area contributed by atoms with Crippen LogP contribution < -0.4 is 0 Å². The maximum atomic E-state index is 4.17. The number of rotatable bonds is 1. The van der Waals surface area contributed by atoms with Crippen molar-refractivity contribution in [2.45, 2.75) is 44.1 Å². The fourth-order valence-corrected chi connectivity index (χ4v) is 3.03. The van der Waals surface area contributed by atoms with Gasteiger partial charge in [-0.1, -0.05) is 5.21 Å². The lowest BCUT2D eigenvalue weighted by molar-refractivity contribution is 0.0613. The molecule has 2 bridgehead atoms. The molecule has 3 saturated carbocycles. The van der Waals surface area contributed by atoms with E-state index in [0.717, 1.165) is 5.92 Å². The fourth-order valence-electron chi connectivity index (χ4n) is 3.03. The second-order valence-electron chi connectivity index (χ2n) is 4.55. The van der Waals surface area contributed by atoms with Crippen LogP contribution in [-0.2, 0) is 5.54 Å². The number of hydrogen-bond donors (Lipinski definition) is 0. The average Bonchev–Trinajstić information content (AvgIpc) is 2.74. The van der Waals surface area contributed by atoms with Crippen molar-refractivity contribution in [3.63, 3.8) is 0 Å². The lowest BCUT2D eigenvalue weighted by Crippen LogP contribution is -2.43. The van der Waals surface area contributed by atoms with Gasteiger partial charge in [0.1, 0.15) is 0 Å². The molecule has 3 heteroatoms. The van der Waals surface area contributed by atoms with E-state index in [2.05, 4.69) is 15.0 Å². The van der Waals surface area contributed by atoms with E-state index in [9.17, 15) is 0 Å². The third-order valence-corrected chi connectivity index (χ3v) is 3.96. The molecule has 1 aromatic rings. The third kappa shape index (κ3) is 1.02. The molecule has 3 fully saturated rings. The van der Waals surface area contributed by atoms with Crippen molar-refractivity contribution in [2.24, 2.45) is 5.92 Å². The Morgan fingerprint density at radius 1 is 1.15 bits per heavy atom. The summed E-state index contributed by atoms with van der Waals surface area (Å²) in [6.07, 6.45) is 12.0. The molecule has 0 aliphatic heterocycles. The van der Waals surface area contributed by atoms with Crippen LogP contribution in [0.5, 0.6) is 0 Å². The van der Waals surface area contributed by atoms with Crippen LogP contribution in [0.1, 0.15) is 38.5 Å². The largest absolute Gasteiger partial charge is 0.246 e. The minimum Gasteiger partial charge on any atom is -0.246 e. The minimum atomic E-state index is 0.352. The molecule has 1 heterocycles. The van der Waals surface area contributed by atoms with E-state index in [0.29, 0.717) is 5.54 Å². The monoisotopic (exact) mass is 177 g/mol. The van der Waals surface area contributed by atoms with Gasteiger partial charge in [0.2, 0.25) is 0 Å². The van der Waals surface area contributed by atoms with Crippen LogP contribution in [0, 0.1) is 5.92 Å². The molecule has 70 valence electrons. The van der Waals surface area contributed by atoms with Crippen LogP contribution in [0.3, 0.4) is 0 Å². The SMILES string of the molecule is c1cn(C23CCC(CC2)CC3)nn1.